The standard InChI is InChI=1S/C43H44F2N10O4/c1-23-13-25-15-36(47-23)32-19-46-52(2)42(32)59-12-9-24-14-26(24)20-55-37-16-27(3-5-35(37)49-43(55)51-40(25)57)48-28-21-54(22-28)29-7-10-53(11-8-29)30-17-33(44)39(34(45)18-30)31-4-6-38(56)50-41(31)58/h3,5,13-19,24,28-29,31,48H,4,6-12,20-22H2,1-2H3,(H,49,51,57)(H,50,56,58)/t24-,31+/m0/s1. The Morgan fingerprint density at radius 3 is 2.51 bits per heavy atom. The van der Waals surface area contributed by atoms with Crippen LogP contribution in [0.25, 0.3) is 22.3 Å². The predicted molar refractivity (Wildman–Crippen MR) is 216 cm³/mol. The predicted octanol–water partition coefficient (Wildman–Crippen LogP) is 5.29. The molecule has 14 nitrogen and oxygen atoms in total. The van der Waals surface area contributed by atoms with Crippen LogP contribution in [0.15, 0.2) is 60.3 Å². The van der Waals surface area contributed by atoms with Gasteiger partial charge in [0.25, 0.3) is 5.91 Å². The fraction of sp³-hybridized carbons (Fsp3) is 0.395. The van der Waals surface area contributed by atoms with Crippen LogP contribution in [0.5, 0.6) is 5.88 Å². The van der Waals surface area contributed by atoms with E-state index in [9.17, 15) is 14.4 Å². The Hall–Kier alpha value is -6.16. The van der Waals surface area contributed by atoms with Gasteiger partial charge in [-0.15, -0.1) is 0 Å². The maximum absolute atomic E-state index is 15.2. The first-order valence-corrected chi connectivity index (χ1v) is 20.3. The second-order valence-corrected chi connectivity index (χ2v) is 16.4. The van der Waals surface area contributed by atoms with E-state index in [2.05, 4.69) is 42.7 Å². The molecule has 0 radical (unpaired) electrons. The molecule has 3 saturated heterocycles. The van der Waals surface area contributed by atoms with Gasteiger partial charge in [-0.3, -0.25) is 34.9 Å². The van der Waals surface area contributed by atoms with Crippen LogP contribution in [0.4, 0.5) is 26.1 Å². The van der Waals surface area contributed by atoms with E-state index in [4.69, 9.17) is 14.7 Å². The van der Waals surface area contributed by atoms with E-state index in [0.717, 1.165) is 54.6 Å². The molecule has 304 valence electrons. The Morgan fingerprint density at radius 2 is 1.73 bits per heavy atom. The number of hydrogen-bond donors (Lipinski definition) is 3. The van der Waals surface area contributed by atoms with Gasteiger partial charge in [0.1, 0.15) is 11.6 Å². The molecule has 0 unspecified atom stereocenters. The summed E-state index contributed by atoms with van der Waals surface area (Å²) in [4.78, 5) is 51.7. The van der Waals surface area contributed by atoms with Gasteiger partial charge in [-0.25, -0.2) is 18.4 Å². The van der Waals surface area contributed by atoms with Crippen LogP contribution in [-0.4, -0.2) is 91.8 Å². The van der Waals surface area contributed by atoms with E-state index in [1.807, 2.05) is 31.0 Å². The number of rotatable bonds is 5. The zero-order valence-electron chi connectivity index (χ0n) is 32.8. The highest BCUT2D eigenvalue weighted by molar-refractivity contribution is 6.05. The number of imidazole rings is 1. The molecule has 2 atom stereocenters. The SMILES string of the molecule is Cc1cc2cc(n1)-c1cnn(C)c1OCC[C@H]1C=C1Cn1c(nc3ccc(NC4CN(C5CCN(c6cc(F)c([C@H]7CCC(=O)NC7=O)c(F)c6)CC5)C4)cc31)NC2=O. The van der Waals surface area contributed by atoms with Gasteiger partial charge in [0, 0.05) is 86.3 Å². The fourth-order valence-corrected chi connectivity index (χ4v) is 9.15. The minimum atomic E-state index is -1.01. The molecule has 3 N–H and O–H groups in total. The normalized spacial score (nSPS) is 21.5. The number of hydrogen-bond acceptors (Lipinski definition) is 10. The lowest BCUT2D eigenvalue weighted by Crippen LogP contribution is -2.60. The molecule has 3 fully saturated rings. The van der Waals surface area contributed by atoms with Crippen molar-refractivity contribution in [3.05, 3.63) is 88.8 Å². The maximum Gasteiger partial charge on any atom is 0.258 e. The van der Waals surface area contributed by atoms with E-state index in [-0.39, 0.29) is 30.4 Å². The third kappa shape index (κ3) is 7.08. The van der Waals surface area contributed by atoms with Gasteiger partial charge < -0.3 is 19.5 Å². The third-order valence-corrected chi connectivity index (χ3v) is 12.4. The Balaban J connectivity index is 0.799. The maximum atomic E-state index is 15.2. The number of ether oxygens (including phenoxy) is 1. The van der Waals surface area contributed by atoms with Crippen molar-refractivity contribution in [2.24, 2.45) is 13.0 Å². The number of nitrogens with one attached hydrogen (secondary N) is 3. The third-order valence-electron chi connectivity index (χ3n) is 12.4. The van der Waals surface area contributed by atoms with Gasteiger partial charge in [-0.05, 0) is 80.6 Å². The summed E-state index contributed by atoms with van der Waals surface area (Å²) in [6.07, 6.45) is 6.65. The minimum Gasteiger partial charge on any atom is -0.477 e. The number of halogens is 2. The van der Waals surface area contributed by atoms with Crippen LogP contribution < -0.4 is 25.6 Å². The molecule has 2 bridgehead atoms. The highest BCUT2D eigenvalue weighted by Gasteiger charge is 2.36. The molecule has 3 aromatic heterocycles. The monoisotopic (exact) mass is 802 g/mol. The van der Waals surface area contributed by atoms with Crippen LogP contribution in [0.2, 0.25) is 0 Å². The summed E-state index contributed by atoms with van der Waals surface area (Å²) in [6.45, 7) is 6.03. The first-order chi connectivity index (χ1) is 28.5. The zero-order chi connectivity index (χ0) is 40.5. The first kappa shape index (κ1) is 37.1. The molecule has 16 heteroatoms. The number of aryl methyl sites for hydroxylation is 2. The summed E-state index contributed by atoms with van der Waals surface area (Å²) in [5.41, 5.74) is 6.66. The second-order valence-electron chi connectivity index (χ2n) is 16.4. The van der Waals surface area contributed by atoms with Crippen LogP contribution in [0, 0.1) is 24.5 Å². The van der Waals surface area contributed by atoms with Crippen LogP contribution in [0.3, 0.4) is 0 Å². The summed E-state index contributed by atoms with van der Waals surface area (Å²) < 4.78 is 40.5. The molecule has 0 spiro atoms. The molecule has 0 saturated carbocycles. The van der Waals surface area contributed by atoms with Crippen LogP contribution >= 0.6 is 0 Å². The highest BCUT2D eigenvalue weighted by atomic mass is 19.1. The van der Waals surface area contributed by atoms with E-state index in [1.54, 1.807) is 23.0 Å². The lowest BCUT2D eigenvalue weighted by molar-refractivity contribution is -0.134. The molecular formula is C43H44F2N10O4. The Bertz CT molecular complexity index is 2550. The summed E-state index contributed by atoms with van der Waals surface area (Å²) >= 11 is 0. The quantitative estimate of drug-likeness (QED) is 0.158. The number of imide groups is 1. The Kier molecular flexibility index (Phi) is 9.18. The molecular weight excluding hydrogens is 759 g/mol. The molecule has 3 amide bonds. The number of carbonyl (C=O) groups is 3. The number of fused-ring (bicyclic) bond motifs is 8. The minimum absolute atomic E-state index is 0.0553. The fourth-order valence-electron chi connectivity index (χ4n) is 9.15. The zero-order valence-corrected chi connectivity index (χ0v) is 32.8. The van der Waals surface area contributed by atoms with Crippen molar-refractivity contribution in [2.75, 3.05) is 48.3 Å². The number of piperidine rings is 2. The summed E-state index contributed by atoms with van der Waals surface area (Å²) in [7, 11) is 1.84. The van der Waals surface area contributed by atoms with Gasteiger partial charge in [0.2, 0.25) is 23.6 Å². The number of amides is 3. The smallest absolute Gasteiger partial charge is 0.258 e. The van der Waals surface area contributed by atoms with Gasteiger partial charge in [0.05, 0.1) is 47.1 Å². The van der Waals surface area contributed by atoms with Crippen molar-refractivity contribution in [1.29, 1.82) is 0 Å². The van der Waals surface area contributed by atoms with E-state index >= 15 is 8.78 Å². The number of pyridine rings is 1. The lowest BCUT2D eigenvalue weighted by atomic mass is 9.89. The number of carbonyl (C=O) groups excluding carboxylic acids is 3. The van der Waals surface area contributed by atoms with Crippen molar-refractivity contribution in [3.8, 4) is 17.1 Å². The molecule has 5 aromatic rings. The molecule has 4 aliphatic heterocycles. The van der Waals surface area contributed by atoms with Gasteiger partial charge >= 0.3 is 0 Å². The average Bonchev–Trinajstić information content (AvgIpc) is 3.71. The summed E-state index contributed by atoms with van der Waals surface area (Å²) in [6, 6.07) is 12.9. The van der Waals surface area contributed by atoms with Crippen molar-refractivity contribution in [3.63, 3.8) is 0 Å². The molecule has 10 rings (SSSR count). The summed E-state index contributed by atoms with van der Waals surface area (Å²) in [5, 5.41) is 13.4. The summed E-state index contributed by atoms with van der Waals surface area (Å²) in [5.74, 6) is -2.49. The van der Waals surface area contributed by atoms with E-state index < -0.39 is 29.4 Å². The lowest BCUT2D eigenvalue weighted by Gasteiger charge is -2.48. The number of nitrogens with zero attached hydrogens (tertiary/aromatic N) is 7. The number of aromatic nitrogens is 5. The molecule has 2 aromatic carbocycles. The van der Waals surface area contributed by atoms with Crippen molar-refractivity contribution >= 4 is 46.1 Å². The van der Waals surface area contributed by atoms with Gasteiger partial charge in [-0.2, -0.15) is 5.10 Å². The molecule has 5 aliphatic rings. The second kappa shape index (κ2) is 14.6. The Labute approximate surface area is 338 Å². The number of likely N-dealkylation sites (tertiary alicyclic amines) is 1. The number of allylic oxidation sites excluding steroid dienone is 2. The number of anilines is 3. The van der Waals surface area contributed by atoms with Crippen LogP contribution in [-0.2, 0) is 23.2 Å². The largest absolute Gasteiger partial charge is 0.477 e. The van der Waals surface area contributed by atoms with Crippen molar-refractivity contribution in [1.82, 2.24) is 34.5 Å². The average molecular weight is 803 g/mol. The van der Waals surface area contributed by atoms with Crippen molar-refractivity contribution < 1.29 is 27.9 Å². The van der Waals surface area contributed by atoms with E-state index in [0.29, 0.717) is 72.7 Å². The van der Waals surface area contributed by atoms with Gasteiger partial charge in [-0.1, -0.05) is 6.08 Å². The number of benzene rings is 2. The highest BCUT2D eigenvalue weighted by Crippen LogP contribution is 2.38. The first-order valence-electron chi connectivity index (χ1n) is 20.3. The molecule has 59 heavy (non-hydrogen) atoms. The van der Waals surface area contributed by atoms with Crippen molar-refractivity contribution in [2.45, 2.75) is 63.6 Å². The Morgan fingerprint density at radius 1 is 0.932 bits per heavy atom. The van der Waals surface area contributed by atoms with Gasteiger partial charge in [0.15, 0.2) is 0 Å². The van der Waals surface area contributed by atoms with E-state index in [1.165, 1.54) is 17.7 Å². The topological polar surface area (TPSA) is 152 Å². The molecule has 7 heterocycles. The molecule has 1 aliphatic carbocycles. The van der Waals surface area contributed by atoms with Crippen LogP contribution in [0.1, 0.15) is 59.6 Å².